The summed E-state index contributed by atoms with van der Waals surface area (Å²) in [4.78, 5) is 27.5. The molecule has 0 radical (unpaired) electrons. The van der Waals surface area contributed by atoms with Gasteiger partial charge in [0.25, 0.3) is 5.91 Å². The van der Waals surface area contributed by atoms with Crippen molar-refractivity contribution in [2.24, 2.45) is 0 Å². The number of aromatic nitrogens is 2. The molecule has 4 aromatic rings. The predicted molar refractivity (Wildman–Crippen MR) is 177 cm³/mol. The number of carbonyl (C=O) groups is 2. The van der Waals surface area contributed by atoms with Gasteiger partial charge in [-0.25, -0.2) is 4.39 Å². The van der Waals surface area contributed by atoms with E-state index in [1.54, 1.807) is 23.4 Å². The number of nitrogens with zero attached hydrogens (tertiary/aromatic N) is 3. The fourth-order valence-corrected chi connectivity index (χ4v) is 5.62. The lowest BCUT2D eigenvalue weighted by molar-refractivity contribution is -0.118. The summed E-state index contributed by atoms with van der Waals surface area (Å²) in [6.07, 6.45) is 3.71. The maximum absolute atomic E-state index is 15.1. The third-order valence-electron chi connectivity index (χ3n) is 7.75. The van der Waals surface area contributed by atoms with Crippen LogP contribution in [0.1, 0.15) is 40.7 Å². The van der Waals surface area contributed by atoms with Crippen molar-refractivity contribution < 1.29 is 33.7 Å². The van der Waals surface area contributed by atoms with Gasteiger partial charge in [0, 0.05) is 63.6 Å². The molecule has 0 spiro atoms. The van der Waals surface area contributed by atoms with Gasteiger partial charge in [-0.1, -0.05) is 41.4 Å². The number of para-hydroxylation sites is 1. The largest absolute Gasteiger partial charge is 0.493 e. The Labute approximate surface area is 281 Å². The molecule has 47 heavy (non-hydrogen) atoms. The van der Waals surface area contributed by atoms with Crippen molar-refractivity contribution in [3.8, 4) is 22.6 Å². The molecule has 1 aliphatic rings. The molecule has 10 nitrogen and oxygen atoms in total. The molecule has 3 N–H and O–H groups in total. The first-order chi connectivity index (χ1) is 22.7. The van der Waals surface area contributed by atoms with E-state index in [1.807, 2.05) is 37.3 Å². The molecule has 1 atom stereocenters. The van der Waals surface area contributed by atoms with Crippen LogP contribution in [-0.4, -0.2) is 70.8 Å². The van der Waals surface area contributed by atoms with E-state index in [2.05, 4.69) is 10.4 Å². The number of benzene rings is 3. The van der Waals surface area contributed by atoms with Gasteiger partial charge in [-0.3, -0.25) is 14.3 Å². The zero-order chi connectivity index (χ0) is 33.5. The van der Waals surface area contributed by atoms with E-state index in [0.717, 1.165) is 17.2 Å². The molecule has 1 aliphatic heterocycles. The summed E-state index contributed by atoms with van der Waals surface area (Å²) in [6.45, 7) is 2.49. The first kappa shape index (κ1) is 34.2. The van der Waals surface area contributed by atoms with E-state index in [9.17, 15) is 14.7 Å². The van der Waals surface area contributed by atoms with E-state index in [-0.39, 0.29) is 35.1 Å². The van der Waals surface area contributed by atoms with Crippen LogP contribution in [0.3, 0.4) is 0 Å². The standard InChI is InChI=1S/C34H35Cl2FN4O6/c1-21-27(35)7-3-9-31(21)46-12-4-10-32(44)41-11-5-13-47-33-25(6-2-8-30(33)41)23-16-39-40(18-23)19-26-28(36)14-22(15-29(26)37)34(45)38-17-24(43)20-42/h2-3,6-9,14-16,18,24,42-43H,4-5,10-13,17,19-20H2,1H3,(H,38,45). The third kappa shape index (κ3) is 8.23. The van der Waals surface area contributed by atoms with Gasteiger partial charge in [-0.2, -0.15) is 5.10 Å². The number of amides is 2. The lowest BCUT2D eigenvalue weighted by Gasteiger charge is -2.23. The van der Waals surface area contributed by atoms with Crippen LogP contribution in [0.5, 0.6) is 11.5 Å². The molecular weight excluding hydrogens is 650 g/mol. The van der Waals surface area contributed by atoms with Crippen LogP contribution in [0.4, 0.5) is 10.1 Å². The van der Waals surface area contributed by atoms with Gasteiger partial charge < -0.3 is 29.9 Å². The molecular formula is C34H35Cl2FN4O6. The minimum absolute atomic E-state index is 0.00688. The fourth-order valence-electron chi connectivity index (χ4n) is 5.19. The third-order valence-corrected chi connectivity index (χ3v) is 8.49. The average molecular weight is 686 g/mol. The van der Waals surface area contributed by atoms with E-state index < -0.39 is 24.4 Å². The highest BCUT2D eigenvalue weighted by atomic mass is 35.5. The van der Waals surface area contributed by atoms with Gasteiger partial charge in [-0.15, -0.1) is 0 Å². The summed E-state index contributed by atoms with van der Waals surface area (Å²) in [7, 11) is 0. The highest BCUT2D eigenvalue weighted by Crippen LogP contribution is 2.40. The number of aliphatic hydroxyl groups is 2. The van der Waals surface area contributed by atoms with Crippen molar-refractivity contribution in [3.63, 3.8) is 0 Å². The number of aliphatic hydroxyl groups excluding tert-OH is 2. The second kappa shape index (κ2) is 15.6. The van der Waals surface area contributed by atoms with Gasteiger partial charge in [0.05, 0.1) is 44.4 Å². The zero-order valence-corrected chi connectivity index (χ0v) is 27.2. The van der Waals surface area contributed by atoms with Crippen molar-refractivity contribution in [1.82, 2.24) is 15.1 Å². The molecule has 1 unspecified atom stereocenters. The first-order valence-corrected chi connectivity index (χ1v) is 15.9. The lowest BCUT2D eigenvalue weighted by Crippen LogP contribution is -2.34. The van der Waals surface area contributed by atoms with Gasteiger partial charge in [-0.05, 0) is 50.1 Å². The second-order valence-corrected chi connectivity index (χ2v) is 11.9. The molecule has 5 rings (SSSR count). The van der Waals surface area contributed by atoms with Crippen LogP contribution in [0.15, 0.2) is 60.9 Å². The molecule has 1 aromatic heterocycles. The Balaban J connectivity index is 1.27. The van der Waals surface area contributed by atoms with Crippen LogP contribution in [0, 0.1) is 12.7 Å². The number of halogens is 3. The van der Waals surface area contributed by atoms with E-state index in [0.29, 0.717) is 66.8 Å². The normalized spacial score (nSPS) is 13.4. The van der Waals surface area contributed by atoms with Crippen molar-refractivity contribution >= 4 is 40.7 Å². The number of anilines is 1. The van der Waals surface area contributed by atoms with Crippen molar-refractivity contribution in [2.45, 2.75) is 38.8 Å². The molecule has 0 bridgehead atoms. The summed E-state index contributed by atoms with van der Waals surface area (Å²) >= 11 is 12.6. The molecule has 3 aromatic carbocycles. The highest BCUT2D eigenvalue weighted by Gasteiger charge is 2.25. The molecule has 248 valence electrons. The van der Waals surface area contributed by atoms with Gasteiger partial charge in [0.15, 0.2) is 5.75 Å². The van der Waals surface area contributed by atoms with Crippen LogP contribution >= 0.6 is 23.2 Å². The number of ether oxygens (including phenoxy) is 2. The Morgan fingerprint density at radius 2 is 1.98 bits per heavy atom. The zero-order valence-electron chi connectivity index (χ0n) is 25.7. The molecule has 0 saturated carbocycles. The topological polar surface area (TPSA) is 126 Å². The van der Waals surface area contributed by atoms with Gasteiger partial charge in [0.1, 0.15) is 11.6 Å². The lowest BCUT2D eigenvalue weighted by atomic mass is 10.1. The van der Waals surface area contributed by atoms with Crippen molar-refractivity contribution in [2.75, 3.05) is 37.8 Å². The Hall–Kier alpha value is -4.16. The Bertz CT molecular complexity index is 1730. The molecule has 13 heteroatoms. The summed E-state index contributed by atoms with van der Waals surface area (Å²) in [5, 5.41) is 25.9. The molecule has 2 amide bonds. The van der Waals surface area contributed by atoms with Crippen LogP contribution in [0.2, 0.25) is 10.0 Å². The quantitative estimate of drug-likeness (QED) is 0.170. The van der Waals surface area contributed by atoms with E-state index >= 15 is 4.39 Å². The SMILES string of the molecule is Cc1c(Cl)cccc1OCCCC(=O)N1CCCOc2c(-c3cnn(Cc4c(F)cc(C(=O)NCC(O)CO)cc4Cl)c3)cccc21. The Kier molecular flexibility index (Phi) is 11.4. The summed E-state index contributed by atoms with van der Waals surface area (Å²) < 4.78 is 28.6. The second-order valence-electron chi connectivity index (χ2n) is 11.1. The number of fused-ring (bicyclic) bond motifs is 1. The minimum Gasteiger partial charge on any atom is -0.493 e. The monoisotopic (exact) mass is 684 g/mol. The van der Waals surface area contributed by atoms with Crippen LogP contribution < -0.4 is 19.7 Å². The van der Waals surface area contributed by atoms with Gasteiger partial charge >= 0.3 is 0 Å². The summed E-state index contributed by atoms with van der Waals surface area (Å²) in [5.74, 6) is -0.103. The highest BCUT2D eigenvalue weighted by molar-refractivity contribution is 6.32. The summed E-state index contributed by atoms with van der Waals surface area (Å²) in [5.41, 5.74) is 3.09. The minimum atomic E-state index is -1.13. The number of hydrogen-bond acceptors (Lipinski definition) is 7. The average Bonchev–Trinajstić information content (AvgIpc) is 3.42. The molecule has 0 saturated heterocycles. The number of hydrogen-bond donors (Lipinski definition) is 3. The number of carbonyl (C=O) groups excluding carboxylic acids is 2. The molecule has 0 fully saturated rings. The van der Waals surface area contributed by atoms with Crippen molar-refractivity contribution in [3.05, 3.63) is 93.5 Å². The van der Waals surface area contributed by atoms with Crippen molar-refractivity contribution in [1.29, 1.82) is 0 Å². The maximum atomic E-state index is 15.1. The van der Waals surface area contributed by atoms with Crippen LogP contribution in [0.25, 0.3) is 11.1 Å². The fraction of sp³-hybridized carbons (Fsp3) is 0.324. The maximum Gasteiger partial charge on any atom is 0.251 e. The molecule has 0 aliphatic carbocycles. The van der Waals surface area contributed by atoms with Crippen LogP contribution in [-0.2, 0) is 11.3 Å². The molecule has 2 heterocycles. The smallest absolute Gasteiger partial charge is 0.251 e. The number of rotatable bonds is 12. The number of nitrogens with one attached hydrogen (secondary N) is 1. The van der Waals surface area contributed by atoms with E-state index in [4.69, 9.17) is 37.8 Å². The first-order valence-electron chi connectivity index (χ1n) is 15.2. The predicted octanol–water partition coefficient (Wildman–Crippen LogP) is 5.41. The summed E-state index contributed by atoms with van der Waals surface area (Å²) in [6, 6.07) is 13.5. The van der Waals surface area contributed by atoms with Gasteiger partial charge in [0.2, 0.25) is 5.91 Å². The van der Waals surface area contributed by atoms with E-state index in [1.165, 1.54) is 10.7 Å². The Morgan fingerprint density at radius 1 is 1.17 bits per heavy atom. The Morgan fingerprint density at radius 3 is 2.77 bits per heavy atom.